The molecule has 0 fully saturated rings. The Morgan fingerprint density at radius 2 is 2.06 bits per heavy atom. The van der Waals surface area contributed by atoms with E-state index in [1.807, 2.05) is 19.1 Å². The number of benzene rings is 1. The molecule has 0 spiro atoms. The summed E-state index contributed by atoms with van der Waals surface area (Å²) in [5.74, 6) is 0.397. The fourth-order valence-electron chi connectivity index (χ4n) is 1.45. The first-order chi connectivity index (χ1) is 7.47. The first-order valence-corrected chi connectivity index (χ1v) is 5.42. The van der Waals surface area contributed by atoms with Gasteiger partial charge in [0.25, 0.3) is 0 Å². The van der Waals surface area contributed by atoms with Crippen LogP contribution < -0.4 is 4.74 Å². The van der Waals surface area contributed by atoms with Crippen LogP contribution in [0, 0.1) is 12.8 Å². The van der Waals surface area contributed by atoms with E-state index in [9.17, 15) is 4.79 Å². The fraction of sp³-hybridized carbons (Fsp3) is 0.462. The summed E-state index contributed by atoms with van der Waals surface area (Å²) >= 11 is 0. The second-order valence-electron chi connectivity index (χ2n) is 4.43. The second-order valence-corrected chi connectivity index (χ2v) is 4.43. The van der Waals surface area contributed by atoms with Crippen molar-refractivity contribution < 1.29 is 14.6 Å². The van der Waals surface area contributed by atoms with Gasteiger partial charge in [-0.3, -0.25) is 4.79 Å². The standard InChI is InChI=1S/C13H18O3/c1-9(2)8-16-12-5-10(3)4-11(6-12)7-13(14)15/h4-6,9H,7-8H2,1-3H3,(H,14,15). The quantitative estimate of drug-likeness (QED) is 0.833. The van der Waals surface area contributed by atoms with E-state index in [2.05, 4.69) is 13.8 Å². The Hall–Kier alpha value is -1.51. The Morgan fingerprint density at radius 1 is 1.38 bits per heavy atom. The van der Waals surface area contributed by atoms with Gasteiger partial charge in [0.2, 0.25) is 0 Å². The summed E-state index contributed by atoms with van der Waals surface area (Å²) in [5, 5.41) is 8.73. The highest BCUT2D eigenvalue weighted by atomic mass is 16.5. The van der Waals surface area contributed by atoms with Crippen molar-refractivity contribution in [3.63, 3.8) is 0 Å². The molecule has 1 N–H and O–H groups in total. The third kappa shape index (κ3) is 4.34. The molecule has 88 valence electrons. The molecule has 0 amide bonds. The van der Waals surface area contributed by atoms with E-state index in [0.29, 0.717) is 12.5 Å². The lowest BCUT2D eigenvalue weighted by molar-refractivity contribution is -0.136. The Balaban J connectivity index is 2.77. The summed E-state index contributed by atoms with van der Waals surface area (Å²) in [7, 11) is 0. The first kappa shape index (κ1) is 12.6. The lowest BCUT2D eigenvalue weighted by atomic mass is 10.1. The predicted molar refractivity (Wildman–Crippen MR) is 62.9 cm³/mol. The summed E-state index contributed by atoms with van der Waals surface area (Å²) in [4.78, 5) is 10.6. The van der Waals surface area contributed by atoms with Crippen LogP contribution in [0.4, 0.5) is 0 Å². The van der Waals surface area contributed by atoms with Crippen molar-refractivity contribution in [2.75, 3.05) is 6.61 Å². The van der Waals surface area contributed by atoms with Crippen molar-refractivity contribution in [1.82, 2.24) is 0 Å². The fourth-order valence-corrected chi connectivity index (χ4v) is 1.45. The molecule has 3 nitrogen and oxygen atoms in total. The number of aryl methyl sites for hydroxylation is 1. The molecule has 0 aliphatic carbocycles. The van der Waals surface area contributed by atoms with Gasteiger partial charge >= 0.3 is 5.97 Å². The van der Waals surface area contributed by atoms with Crippen LogP contribution >= 0.6 is 0 Å². The highest BCUT2D eigenvalue weighted by molar-refractivity contribution is 5.70. The van der Waals surface area contributed by atoms with Crippen LogP contribution in [-0.4, -0.2) is 17.7 Å². The van der Waals surface area contributed by atoms with Gasteiger partial charge in [-0.15, -0.1) is 0 Å². The largest absolute Gasteiger partial charge is 0.493 e. The number of rotatable bonds is 5. The molecule has 0 aromatic heterocycles. The molecule has 1 aromatic rings. The number of aliphatic carboxylic acids is 1. The molecular weight excluding hydrogens is 204 g/mol. The zero-order chi connectivity index (χ0) is 12.1. The SMILES string of the molecule is Cc1cc(CC(=O)O)cc(OCC(C)C)c1. The van der Waals surface area contributed by atoms with Crippen LogP contribution in [0.1, 0.15) is 25.0 Å². The Labute approximate surface area is 96.1 Å². The van der Waals surface area contributed by atoms with E-state index in [0.717, 1.165) is 16.9 Å². The zero-order valence-corrected chi connectivity index (χ0v) is 9.99. The first-order valence-electron chi connectivity index (χ1n) is 5.42. The molecule has 0 radical (unpaired) electrons. The molecule has 0 unspecified atom stereocenters. The minimum absolute atomic E-state index is 0.0414. The van der Waals surface area contributed by atoms with Gasteiger partial charge < -0.3 is 9.84 Å². The van der Waals surface area contributed by atoms with Crippen molar-refractivity contribution in [3.05, 3.63) is 29.3 Å². The maximum atomic E-state index is 10.6. The van der Waals surface area contributed by atoms with E-state index in [1.165, 1.54) is 0 Å². The summed E-state index contributed by atoms with van der Waals surface area (Å²) in [6, 6.07) is 5.59. The lowest BCUT2D eigenvalue weighted by Crippen LogP contribution is -2.06. The van der Waals surface area contributed by atoms with Crippen molar-refractivity contribution in [3.8, 4) is 5.75 Å². The van der Waals surface area contributed by atoms with Crippen LogP contribution in [0.5, 0.6) is 5.75 Å². The Bertz CT molecular complexity index is 369. The van der Waals surface area contributed by atoms with Crippen LogP contribution in [0.3, 0.4) is 0 Å². The van der Waals surface area contributed by atoms with Crippen molar-refractivity contribution in [2.24, 2.45) is 5.92 Å². The molecule has 0 heterocycles. The number of ether oxygens (including phenoxy) is 1. The van der Waals surface area contributed by atoms with E-state index >= 15 is 0 Å². The average molecular weight is 222 g/mol. The Morgan fingerprint density at radius 3 is 2.62 bits per heavy atom. The summed E-state index contributed by atoms with van der Waals surface area (Å²) < 4.78 is 5.58. The van der Waals surface area contributed by atoms with Crippen molar-refractivity contribution in [1.29, 1.82) is 0 Å². The van der Waals surface area contributed by atoms with Gasteiger partial charge in [0.05, 0.1) is 13.0 Å². The van der Waals surface area contributed by atoms with Crippen LogP contribution in [0.2, 0.25) is 0 Å². The summed E-state index contributed by atoms with van der Waals surface area (Å²) in [5.41, 5.74) is 1.81. The minimum atomic E-state index is -0.819. The van der Waals surface area contributed by atoms with Crippen molar-refractivity contribution >= 4 is 5.97 Å². The molecule has 0 saturated heterocycles. The topological polar surface area (TPSA) is 46.5 Å². The third-order valence-electron chi connectivity index (χ3n) is 2.05. The molecule has 0 bridgehead atoms. The van der Waals surface area contributed by atoms with Crippen LogP contribution in [0.25, 0.3) is 0 Å². The molecule has 0 atom stereocenters. The van der Waals surface area contributed by atoms with Gasteiger partial charge in [-0.2, -0.15) is 0 Å². The Kier molecular flexibility index (Phi) is 4.35. The normalized spacial score (nSPS) is 10.5. The molecule has 0 aliphatic rings. The van der Waals surface area contributed by atoms with Crippen LogP contribution in [-0.2, 0) is 11.2 Å². The molecule has 3 heteroatoms. The van der Waals surface area contributed by atoms with Gasteiger partial charge in [-0.05, 0) is 36.1 Å². The highest BCUT2D eigenvalue weighted by Gasteiger charge is 2.04. The number of hydrogen-bond acceptors (Lipinski definition) is 2. The number of carboxylic acids is 1. The van der Waals surface area contributed by atoms with Gasteiger partial charge in [0.1, 0.15) is 5.75 Å². The second kappa shape index (κ2) is 5.54. The van der Waals surface area contributed by atoms with Gasteiger partial charge in [0.15, 0.2) is 0 Å². The number of hydrogen-bond donors (Lipinski definition) is 1. The average Bonchev–Trinajstić information content (AvgIpc) is 2.12. The number of carbonyl (C=O) groups is 1. The minimum Gasteiger partial charge on any atom is -0.493 e. The van der Waals surface area contributed by atoms with Crippen LogP contribution in [0.15, 0.2) is 18.2 Å². The van der Waals surface area contributed by atoms with E-state index < -0.39 is 5.97 Å². The third-order valence-corrected chi connectivity index (χ3v) is 2.05. The van der Waals surface area contributed by atoms with E-state index in [1.54, 1.807) is 6.07 Å². The maximum absolute atomic E-state index is 10.6. The molecule has 1 rings (SSSR count). The van der Waals surface area contributed by atoms with E-state index in [-0.39, 0.29) is 6.42 Å². The van der Waals surface area contributed by atoms with Gasteiger partial charge in [0, 0.05) is 0 Å². The summed E-state index contributed by atoms with van der Waals surface area (Å²) in [6.45, 7) is 6.74. The maximum Gasteiger partial charge on any atom is 0.307 e. The number of carboxylic acid groups (broad SMARTS) is 1. The predicted octanol–water partition coefficient (Wildman–Crippen LogP) is 2.66. The molecular formula is C13H18O3. The molecule has 0 aliphatic heterocycles. The molecule has 0 saturated carbocycles. The highest BCUT2D eigenvalue weighted by Crippen LogP contribution is 2.18. The van der Waals surface area contributed by atoms with Crippen molar-refractivity contribution in [2.45, 2.75) is 27.2 Å². The lowest BCUT2D eigenvalue weighted by Gasteiger charge is -2.10. The van der Waals surface area contributed by atoms with E-state index in [4.69, 9.17) is 9.84 Å². The smallest absolute Gasteiger partial charge is 0.307 e. The molecule has 16 heavy (non-hydrogen) atoms. The summed E-state index contributed by atoms with van der Waals surface area (Å²) in [6.07, 6.45) is 0.0414. The monoisotopic (exact) mass is 222 g/mol. The van der Waals surface area contributed by atoms with Gasteiger partial charge in [-0.1, -0.05) is 19.9 Å². The zero-order valence-electron chi connectivity index (χ0n) is 9.99. The molecule has 1 aromatic carbocycles. The van der Waals surface area contributed by atoms with Gasteiger partial charge in [-0.25, -0.2) is 0 Å².